The summed E-state index contributed by atoms with van der Waals surface area (Å²) in [4.78, 5) is 0. The van der Waals surface area contributed by atoms with Gasteiger partial charge in [0.2, 0.25) is 0 Å². The van der Waals surface area contributed by atoms with Crippen LogP contribution in [0.5, 0.6) is 0 Å². The van der Waals surface area contributed by atoms with Crippen LogP contribution in [-0.2, 0) is 0 Å². The Morgan fingerprint density at radius 1 is 1.20 bits per heavy atom. The van der Waals surface area contributed by atoms with Crippen molar-refractivity contribution in [2.24, 2.45) is 5.92 Å². The summed E-state index contributed by atoms with van der Waals surface area (Å²) in [7, 11) is 0. The highest BCUT2D eigenvalue weighted by Gasteiger charge is 1.97. The molecule has 0 aliphatic heterocycles. The van der Waals surface area contributed by atoms with Crippen molar-refractivity contribution < 1.29 is 0 Å². The topological polar surface area (TPSA) is 64.1 Å². The SMILES string of the molecule is CC(C)CCCNc1ccc(N)c(N)c1. The molecule has 0 amide bonds. The zero-order valence-electron chi connectivity index (χ0n) is 9.59. The van der Waals surface area contributed by atoms with Crippen LogP contribution < -0.4 is 16.8 Å². The number of hydrogen-bond donors (Lipinski definition) is 3. The van der Waals surface area contributed by atoms with Crippen molar-refractivity contribution >= 4 is 17.1 Å². The lowest BCUT2D eigenvalue weighted by atomic mass is 10.1. The predicted octanol–water partition coefficient (Wildman–Crippen LogP) is 2.70. The van der Waals surface area contributed by atoms with Gasteiger partial charge in [-0.25, -0.2) is 0 Å². The highest BCUT2D eigenvalue weighted by molar-refractivity contribution is 5.69. The molecule has 1 aromatic rings. The lowest BCUT2D eigenvalue weighted by Crippen LogP contribution is -2.04. The molecular weight excluding hydrogens is 186 g/mol. The number of nitrogens with two attached hydrogens (primary N) is 2. The third-order valence-electron chi connectivity index (χ3n) is 2.37. The Morgan fingerprint density at radius 2 is 1.93 bits per heavy atom. The molecule has 0 fully saturated rings. The molecule has 15 heavy (non-hydrogen) atoms. The van der Waals surface area contributed by atoms with Gasteiger partial charge in [-0.2, -0.15) is 0 Å². The highest BCUT2D eigenvalue weighted by Crippen LogP contribution is 2.19. The number of hydrogen-bond acceptors (Lipinski definition) is 3. The Bertz CT molecular complexity index is 308. The molecule has 0 radical (unpaired) electrons. The molecule has 5 N–H and O–H groups in total. The van der Waals surface area contributed by atoms with Gasteiger partial charge in [-0.3, -0.25) is 0 Å². The lowest BCUT2D eigenvalue weighted by Gasteiger charge is -2.09. The van der Waals surface area contributed by atoms with Crippen molar-refractivity contribution in [3.63, 3.8) is 0 Å². The first-order valence-electron chi connectivity index (χ1n) is 5.48. The van der Waals surface area contributed by atoms with Gasteiger partial charge in [0, 0.05) is 12.2 Å². The normalized spacial score (nSPS) is 10.6. The monoisotopic (exact) mass is 207 g/mol. The van der Waals surface area contributed by atoms with Crippen molar-refractivity contribution in [3.05, 3.63) is 18.2 Å². The number of anilines is 3. The van der Waals surface area contributed by atoms with Gasteiger partial charge in [0.15, 0.2) is 0 Å². The summed E-state index contributed by atoms with van der Waals surface area (Å²) in [6, 6.07) is 5.67. The summed E-state index contributed by atoms with van der Waals surface area (Å²) >= 11 is 0. The number of rotatable bonds is 5. The van der Waals surface area contributed by atoms with Gasteiger partial charge < -0.3 is 16.8 Å². The Hall–Kier alpha value is -1.38. The molecule has 0 saturated heterocycles. The summed E-state index contributed by atoms with van der Waals surface area (Å²) in [6.07, 6.45) is 2.43. The molecule has 0 unspecified atom stereocenters. The first-order valence-corrected chi connectivity index (χ1v) is 5.48. The van der Waals surface area contributed by atoms with E-state index in [1.165, 1.54) is 12.8 Å². The molecule has 1 rings (SSSR count). The zero-order valence-corrected chi connectivity index (χ0v) is 9.59. The van der Waals surface area contributed by atoms with E-state index < -0.39 is 0 Å². The summed E-state index contributed by atoms with van der Waals surface area (Å²) in [5.74, 6) is 0.767. The standard InChI is InChI=1S/C12H21N3/c1-9(2)4-3-7-15-10-5-6-11(13)12(14)8-10/h5-6,8-9,15H,3-4,7,13-14H2,1-2H3. The maximum atomic E-state index is 5.71. The summed E-state index contributed by atoms with van der Waals surface area (Å²) in [6.45, 7) is 5.46. The minimum absolute atomic E-state index is 0.641. The van der Waals surface area contributed by atoms with Crippen LogP contribution in [0.25, 0.3) is 0 Å². The van der Waals surface area contributed by atoms with Gasteiger partial charge in [-0.1, -0.05) is 13.8 Å². The fraction of sp³-hybridized carbons (Fsp3) is 0.500. The lowest BCUT2D eigenvalue weighted by molar-refractivity contribution is 0.567. The summed E-state index contributed by atoms with van der Waals surface area (Å²) in [5.41, 5.74) is 13.7. The van der Waals surface area contributed by atoms with E-state index >= 15 is 0 Å². The zero-order chi connectivity index (χ0) is 11.3. The molecule has 3 nitrogen and oxygen atoms in total. The molecule has 0 bridgehead atoms. The van der Waals surface area contributed by atoms with Crippen LogP contribution in [0.3, 0.4) is 0 Å². The van der Waals surface area contributed by atoms with Crippen LogP contribution in [0.1, 0.15) is 26.7 Å². The molecular formula is C12H21N3. The van der Waals surface area contributed by atoms with Gasteiger partial charge in [-0.05, 0) is 37.0 Å². The van der Waals surface area contributed by atoms with Crippen LogP contribution >= 0.6 is 0 Å². The van der Waals surface area contributed by atoms with Gasteiger partial charge in [0.25, 0.3) is 0 Å². The average molecular weight is 207 g/mol. The molecule has 1 aromatic carbocycles. The van der Waals surface area contributed by atoms with Gasteiger partial charge in [0.05, 0.1) is 11.4 Å². The minimum atomic E-state index is 0.641. The maximum absolute atomic E-state index is 5.71. The van der Waals surface area contributed by atoms with E-state index in [0.29, 0.717) is 11.4 Å². The fourth-order valence-electron chi connectivity index (χ4n) is 1.43. The van der Waals surface area contributed by atoms with E-state index in [1.54, 1.807) is 0 Å². The summed E-state index contributed by atoms with van der Waals surface area (Å²) in [5, 5.41) is 3.33. The first-order chi connectivity index (χ1) is 7.09. The molecule has 0 aliphatic carbocycles. The molecule has 0 spiro atoms. The number of nitrogens with one attached hydrogen (secondary N) is 1. The van der Waals surface area contributed by atoms with E-state index in [2.05, 4.69) is 19.2 Å². The smallest absolute Gasteiger partial charge is 0.0568 e. The van der Waals surface area contributed by atoms with Crippen LogP contribution in [0.2, 0.25) is 0 Å². The predicted molar refractivity (Wildman–Crippen MR) is 67.8 cm³/mol. The molecule has 84 valence electrons. The maximum Gasteiger partial charge on any atom is 0.0568 e. The van der Waals surface area contributed by atoms with Crippen molar-refractivity contribution in [2.45, 2.75) is 26.7 Å². The van der Waals surface area contributed by atoms with E-state index in [0.717, 1.165) is 18.2 Å². The minimum Gasteiger partial charge on any atom is -0.397 e. The van der Waals surface area contributed by atoms with Gasteiger partial charge in [-0.15, -0.1) is 0 Å². The van der Waals surface area contributed by atoms with E-state index in [1.807, 2.05) is 18.2 Å². The summed E-state index contributed by atoms with van der Waals surface area (Å²) < 4.78 is 0. The average Bonchev–Trinajstić information content (AvgIpc) is 2.18. The number of nitrogen functional groups attached to an aromatic ring is 2. The fourth-order valence-corrected chi connectivity index (χ4v) is 1.43. The van der Waals surface area contributed by atoms with Crippen molar-refractivity contribution in [1.82, 2.24) is 0 Å². The van der Waals surface area contributed by atoms with E-state index in [4.69, 9.17) is 11.5 Å². The van der Waals surface area contributed by atoms with Crippen molar-refractivity contribution in [2.75, 3.05) is 23.3 Å². The molecule has 0 saturated carbocycles. The Kier molecular flexibility index (Phi) is 4.28. The van der Waals surface area contributed by atoms with E-state index in [-0.39, 0.29) is 0 Å². The first kappa shape index (κ1) is 11.7. The third kappa shape index (κ3) is 4.11. The Morgan fingerprint density at radius 3 is 2.53 bits per heavy atom. The molecule has 0 aliphatic rings. The molecule has 0 aromatic heterocycles. The second kappa shape index (κ2) is 5.49. The second-order valence-electron chi connectivity index (χ2n) is 4.31. The highest BCUT2D eigenvalue weighted by atomic mass is 14.9. The van der Waals surface area contributed by atoms with Crippen LogP contribution in [0.4, 0.5) is 17.1 Å². The Labute approximate surface area is 91.9 Å². The van der Waals surface area contributed by atoms with Crippen LogP contribution in [0.15, 0.2) is 18.2 Å². The number of benzene rings is 1. The Balaban J connectivity index is 2.35. The third-order valence-corrected chi connectivity index (χ3v) is 2.37. The second-order valence-corrected chi connectivity index (χ2v) is 4.31. The molecule has 0 heterocycles. The van der Waals surface area contributed by atoms with Gasteiger partial charge >= 0.3 is 0 Å². The molecule has 0 atom stereocenters. The van der Waals surface area contributed by atoms with Crippen molar-refractivity contribution in [1.29, 1.82) is 0 Å². The van der Waals surface area contributed by atoms with Crippen LogP contribution in [-0.4, -0.2) is 6.54 Å². The van der Waals surface area contributed by atoms with Crippen LogP contribution in [0, 0.1) is 5.92 Å². The quantitative estimate of drug-likeness (QED) is 0.514. The van der Waals surface area contributed by atoms with E-state index in [9.17, 15) is 0 Å². The van der Waals surface area contributed by atoms with Crippen molar-refractivity contribution in [3.8, 4) is 0 Å². The van der Waals surface area contributed by atoms with Gasteiger partial charge in [0.1, 0.15) is 0 Å². The molecule has 3 heteroatoms. The largest absolute Gasteiger partial charge is 0.397 e.